The van der Waals surface area contributed by atoms with Gasteiger partial charge in [0.1, 0.15) is 0 Å². The number of nitrogens with one attached hydrogen (secondary N) is 2. The molecule has 0 radical (unpaired) electrons. The van der Waals surface area contributed by atoms with Gasteiger partial charge in [0, 0.05) is 38.8 Å². The third kappa shape index (κ3) is 6.55. The third-order valence-corrected chi connectivity index (χ3v) is 4.59. The summed E-state index contributed by atoms with van der Waals surface area (Å²) in [7, 11) is 1.80. The average Bonchev–Trinajstić information content (AvgIpc) is 2.60. The maximum Gasteiger partial charge on any atom is 0.409 e. The lowest BCUT2D eigenvalue weighted by Gasteiger charge is -2.33. The van der Waals surface area contributed by atoms with Crippen molar-refractivity contribution in [1.82, 2.24) is 20.4 Å². The Labute approximate surface area is 146 Å². The molecule has 2 N–H and O–H groups in total. The molecule has 1 unspecified atom stereocenters. The monoisotopic (exact) mass is 341 g/mol. The highest BCUT2D eigenvalue weighted by Crippen LogP contribution is 2.11. The largest absolute Gasteiger partial charge is 0.450 e. The Kier molecular flexibility index (Phi) is 9.52. The number of nitrogens with zero attached hydrogens (tertiary/aromatic N) is 3. The molecule has 1 aliphatic heterocycles. The molecule has 0 aromatic heterocycles. The van der Waals surface area contributed by atoms with E-state index in [2.05, 4.69) is 41.3 Å². The van der Waals surface area contributed by atoms with E-state index in [0.29, 0.717) is 18.7 Å². The molecule has 1 saturated heterocycles. The van der Waals surface area contributed by atoms with E-state index in [0.717, 1.165) is 51.5 Å². The van der Waals surface area contributed by atoms with Gasteiger partial charge in [-0.15, -0.1) is 0 Å². The van der Waals surface area contributed by atoms with Crippen molar-refractivity contribution < 1.29 is 9.53 Å². The number of hydrogen-bond acceptors (Lipinski definition) is 4. The van der Waals surface area contributed by atoms with Crippen LogP contribution in [-0.2, 0) is 4.74 Å². The molecule has 1 atom stereocenters. The van der Waals surface area contributed by atoms with Gasteiger partial charge in [-0.3, -0.25) is 9.89 Å². The summed E-state index contributed by atoms with van der Waals surface area (Å²) >= 11 is 0. The van der Waals surface area contributed by atoms with Crippen LogP contribution in [-0.4, -0.2) is 80.3 Å². The van der Waals surface area contributed by atoms with Crippen LogP contribution in [0, 0.1) is 0 Å². The number of ether oxygens (including phenoxy) is 1. The van der Waals surface area contributed by atoms with Crippen LogP contribution >= 0.6 is 0 Å². The molecule has 0 aliphatic carbocycles. The molecule has 1 fully saturated rings. The molecular formula is C17H35N5O2. The number of amides is 1. The maximum atomic E-state index is 11.7. The van der Waals surface area contributed by atoms with E-state index in [-0.39, 0.29) is 6.09 Å². The number of carbonyl (C=O) groups is 1. The number of hydrogen-bond donors (Lipinski definition) is 2. The molecule has 1 aliphatic rings. The molecule has 0 aromatic carbocycles. The number of guanidine groups is 1. The first-order valence-electron chi connectivity index (χ1n) is 9.18. The lowest BCUT2D eigenvalue weighted by Crippen LogP contribution is -2.51. The van der Waals surface area contributed by atoms with Crippen molar-refractivity contribution in [3.63, 3.8) is 0 Å². The zero-order valence-corrected chi connectivity index (χ0v) is 16.0. The summed E-state index contributed by atoms with van der Waals surface area (Å²) in [5, 5.41) is 6.88. The lowest BCUT2D eigenvalue weighted by atomic mass is 10.1. The van der Waals surface area contributed by atoms with Gasteiger partial charge in [-0.1, -0.05) is 13.8 Å². The highest BCUT2D eigenvalue weighted by Gasteiger charge is 2.24. The number of likely N-dealkylation sites (tertiary alicyclic amines) is 1. The van der Waals surface area contributed by atoms with Crippen molar-refractivity contribution in [2.24, 2.45) is 4.99 Å². The van der Waals surface area contributed by atoms with Crippen LogP contribution < -0.4 is 10.6 Å². The van der Waals surface area contributed by atoms with Crippen molar-refractivity contribution in [3.8, 4) is 0 Å². The smallest absolute Gasteiger partial charge is 0.409 e. The summed E-state index contributed by atoms with van der Waals surface area (Å²) < 4.78 is 5.05. The molecular weight excluding hydrogens is 306 g/mol. The molecule has 7 nitrogen and oxygen atoms in total. The SMILES string of the molecule is CCOC(=O)N1CCC(NC(=NC)NCC(C)N(CC)CC)CC1. The Morgan fingerprint density at radius 1 is 1.29 bits per heavy atom. The Morgan fingerprint density at radius 2 is 1.92 bits per heavy atom. The second-order valence-electron chi connectivity index (χ2n) is 6.13. The zero-order chi connectivity index (χ0) is 17.9. The Bertz CT molecular complexity index is 390. The fraction of sp³-hybridized carbons (Fsp3) is 0.882. The van der Waals surface area contributed by atoms with E-state index in [1.54, 1.807) is 11.9 Å². The number of rotatable bonds is 7. The molecule has 0 aromatic rings. The topological polar surface area (TPSA) is 69.2 Å². The fourth-order valence-corrected chi connectivity index (χ4v) is 3.03. The van der Waals surface area contributed by atoms with Crippen LogP contribution in [0.2, 0.25) is 0 Å². The molecule has 24 heavy (non-hydrogen) atoms. The normalized spacial score (nSPS) is 17.8. The minimum Gasteiger partial charge on any atom is -0.450 e. The highest BCUT2D eigenvalue weighted by molar-refractivity contribution is 5.80. The van der Waals surface area contributed by atoms with Crippen LogP contribution in [0.1, 0.15) is 40.5 Å². The van der Waals surface area contributed by atoms with Crippen LogP contribution in [0.25, 0.3) is 0 Å². The van der Waals surface area contributed by atoms with E-state index in [1.807, 2.05) is 6.92 Å². The van der Waals surface area contributed by atoms with Crippen LogP contribution in [0.5, 0.6) is 0 Å². The predicted octanol–water partition coefficient (Wildman–Crippen LogP) is 1.50. The van der Waals surface area contributed by atoms with E-state index < -0.39 is 0 Å². The minimum atomic E-state index is -0.202. The Balaban J connectivity index is 2.36. The van der Waals surface area contributed by atoms with Gasteiger partial charge in [-0.25, -0.2) is 4.79 Å². The zero-order valence-electron chi connectivity index (χ0n) is 16.0. The van der Waals surface area contributed by atoms with E-state index >= 15 is 0 Å². The summed E-state index contributed by atoms with van der Waals surface area (Å²) in [5.41, 5.74) is 0. The molecule has 0 saturated carbocycles. The first-order valence-corrected chi connectivity index (χ1v) is 9.18. The van der Waals surface area contributed by atoms with Gasteiger partial charge in [-0.2, -0.15) is 0 Å². The summed E-state index contributed by atoms with van der Waals surface area (Å²) in [6.45, 7) is 13.3. The third-order valence-electron chi connectivity index (χ3n) is 4.59. The Hall–Kier alpha value is -1.50. The van der Waals surface area contributed by atoms with Gasteiger partial charge in [0.25, 0.3) is 0 Å². The summed E-state index contributed by atoms with van der Waals surface area (Å²) in [6, 6.07) is 0.801. The van der Waals surface area contributed by atoms with Crippen LogP contribution in [0.4, 0.5) is 4.79 Å². The van der Waals surface area contributed by atoms with Crippen molar-refractivity contribution in [2.75, 3.05) is 46.4 Å². The van der Waals surface area contributed by atoms with E-state index in [9.17, 15) is 4.79 Å². The minimum absolute atomic E-state index is 0.202. The highest BCUT2D eigenvalue weighted by atomic mass is 16.6. The first-order chi connectivity index (χ1) is 11.5. The standard InChI is InChI=1S/C17H35N5O2/c1-6-21(7-2)14(4)13-19-16(18-5)20-15-9-11-22(12-10-15)17(23)24-8-3/h14-15H,6-13H2,1-5H3,(H2,18,19,20). The van der Waals surface area contributed by atoms with Crippen LogP contribution in [0.3, 0.4) is 0 Å². The maximum absolute atomic E-state index is 11.7. The Morgan fingerprint density at radius 3 is 2.42 bits per heavy atom. The predicted molar refractivity (Wildman–Crippen MR) is 98.5 cm³/mol. The number of likely N-dealkylation sites (N-methyl/N-ethyl adjacent to an activating group) is 1. The second-order valence-corrected chi connectivity index (χ2v) is 6.13. The molecule has 1 heterocycles. The number of carbonyl (C=O) groups excluding carboxylic acids is 1. The van der Waals surface area contributed by atoms with Gasteiger partial charge in [0.2, 0.25) is 0 Å². The summed E-state index contributed by atoms with van der Waals surface area (Å²) in [6.07, 6.45) is 1.61. The van der Waals surface area contributed by atoms with Crippen molar-refractivity contribution >= 4 is 12.1 Å². The van der Waals surface area contributed by atoms with Crippen molar-refractivity contribution in [2.45, 2.75) is 52.6 Å². The molecule has 0 bridgehead atoms. The molecule has 140 valence electrons. The first kappa shape index (κ1) is 20.5. The number of piperidine rings is 1. The molecule has 7 heteroatoms. The van der Waals surface area contributed by atoms with Gasteiger partial charge in [0.15, 0.2) is 5.96 Å². The van der Waals surface area contributed by atoms with E-state index in [4.69, 9.17) is 4.74 Å². The summed E-state index contributed by atoms with van der Waals surface area (Å²) in [4.78, 5) is 20.2. The van der Waals surface area contributed by atoms with Gasteiger partial charge >= 0.3 is 6.09 Å². The number of aliphatic imine (C=N–C) groups is 1. The quantitative estimate of drug-likeness (QED) is 0.542. The lowest BCUT2D eigenvalue weighted by molar-refractivity contribution is 0.0963. The van der Waals surface area contributed by atoms with Crippen LogP contribution in [0.15, 0.2) is 4.99 Å². The summed E-state index contributed by atoms with van der Waals surface area (Å²) in [5.74, 6) is 0.837. The van der Waals surface area contributed by atoms with Gasteiger partial charge < -0.3 is 20.3 Å². The van der Waals surface area contributed by atoms with E-state index in [1.165, 1.54) is 0 Å². The molecule has 1 amide bonds. The molecule has 0 spiro atoms. The second kappa shape index (κ2) is 11.1. The van der Waals surface area contributed by atoms with Crippen molar-refractivity contribution in [3.05, 3.63) is 0 Å². The van der Waals surface area contributed by atoms with Gasteiger partial charge in [0.05, 0.1) is 6.61 Å². The fourth-order valence-electron chi connectivity index (χ4n) is 3.03. The van der Waals surface area contributed by atoms with Gasteiger partial charge in [-0.05, 0) is 39.8 Å². The molecule has 1 rings (SSSR count). The van der Waals surface area contributed by atoms with Crippen molar-refractivity contribution in [1.29, 1.82) is 0 Å². The average molecular weight is 342 g/mol.